The average Bonchev–Trinajstić information content (AvgIpc) is 1.86. The number of nitrogens with zero attached hydrogens (tertiary/aromatic N) is 2. The van der Waals surface area contributed by atoms with Crippen molar-refractivity contribution in [3.63, 3.8) is 0 Å². The fraction of sp³-hybridized carbons (Fsp3) is 0.200. The first-order chi connectivity index (χ1) is 5.00. The summed E-state index contributed by atoms with van der Waals surface area (Å²) in [6, 6.07) is 0. The molecule has 0 bridgehead atoms. The van der Waals surface area contributed by atoms with Crippen molar-refractivity contribution in [3.8, 4) is 0 Å². The third-order valence-corrected chi connectivity index (χ3v) is 2.16. The minimum atomic E-state index is -2.78. The van der Waals surface area contributed by atoms with Crippen LogP contribution >= 0.6 is 11.6 Å². The van der Waals surface area contributed by atoms with Crippen LogP contribution in [0, 0.1) is 4.78 Å². The summed E-state index contributed by atoms with van der Waals surface area (Å²) in [5.74, 6) is 0. The van der Waals surface area contributed by atoms with E-state index >= 15 is 0 Å². The lowest BCUT2D eigenvalue weighted by atomic mass is 10.8. The molecule has 0 amide bonds. The van der Waals surface area contributed by atoms with Crippen LogP contribution in [0.1, 0.15) is 0 Å². The molecule has 0 radical (unpaired) electrons. The van der Waals surface area contributed by atoms with Gasteiger partial charge in [-0.25, -0.2) is 14.0 Å². The molecule has 1 aromatic heterocycles. The van der Waals surface area contributed by atoms with Crippen molar-refractivity contribution < 1.29 is 4.21 Å². The molecule has 60 valence electrons. The quantitative estimate of drug-likeness (QED) is 0.725. The van der Waals surface area contributed by atoms with Gasteiger partial charge in [-0.2, -0.15) is 0 Å². The molecule has 1 rings (SSSR count). The Morgan fingerprint density at radius 3 is 2.64 bits per heavy atom. The zero-order chi connectivity index (χ0) is 8.48. The van der Waals surface area contributed by atoms with Crippen LogP contribution in [0.3, 0.4) is 0 Å². The van der Waals surface area contributed by atoms with Gasteiger partial charge in [0.15, 0.2) is 5.03 Å². The van der Waals surface area contributed by atoms with Gasteiger partial charge < -0.3 is 0 Å². The van der Waals surface area contributed by atoms with Gasteiger partial charge in [0.05, 0.1) is 22.1 Å². The molecule has 0 aliphatic heterocycles. The lowest BCUT2D eigenvalue weighted by molar-refractivity contribution is 0.675. The highest BCUT2D eigenvalue weighted by molar-refractivity contribution is 7.91. The van der Waals surface area contributed by atoms with E-state index in [1.54, 1.807) is 0 Å². The minimum absolute atomic E-state index is 0.116. The lowest BCUT2D eigenvalue weighted by Gasteiger charge is -1.97. The summed E-state index contributed by atoms with van der Waals surface area (Å²) in [7, 11) is -2.78. The van der Waals surface area contributed by atoms with Crippen LogP contribution in [-0.2, 0) is 9.73 Å². The highest BCUT2D eigenvalue weighted by atomic mass is 35.5. The van der Waals surface area contributed by atoms with Crippen molar-refractivity contribution in [2.45, 2.75) is 5.03 Å². The summed E-state index contributed by atoms with van der Waals surface area (Å²) >= 11 is 5.47. The van der Waals surface area contributed by atoms with E-state index in [0.717, 1.165) is 0 Å². The monoisotopic (exact) mass is 191 g/mol. The van der Waals surface area contributed by atoms with E-state index in [2.05, 4.69) is 9.97 Å². The second-order valence-corrected chi connectivity index (χ2v) is 4.52. The van der Waals surface area contributed by atoms with Crippen molar-refractivity contribution in [2.24, 2.45) is 0 Å². The van der Waals surface area contributed by atoms with Gasteiger partial charge in [0.2, 0.25) is 0 Å². The Labute approximate surface area is 69.6 Å². The number of rotatable bonds is 1. The van der Waals surface area contributed by atoms with Gasteiger partial charge in [0.25, 0.3) is 0 Å². The predicted octanol–water partition coefficient (Wildman–Crippen LogP) is 1.17. The van der Waals surface area contributed by atoms with E-state index in [-0.39, 0.29) is 10.2 Å². The Morgan fingerprint density at radius 1 is 1.64 bits per heavy atom. The Bertz CT molecular complexity index is 362. The van der Waals surface area contributed by atoms with Crippen LogP contribution in [0.15, 0.2) is 17.4 Å². The van der Waals surface area contributed by atoms with Crippen molar-refractivity contribution in [3.05, 3.63) is 17.5 Å². The molecule has 0 fully saturated rings. The zero-order valence-corrected chi connectivity index (χ0v) is 7.32. The summed E-state index contributed by atoms with van der Waals surface area (Å²) in [5.41, 5.74) is 0. The maximum atomic E-state index is 11.0. The molecular weight excluding hydrogens is 186 g/mol. The van der Waals surface area contributed by atoms with Gasteiger partial charge >= 0.3 is 0 Å². The molecule has 1 unspecified atom stereocenters. The number of halogens is 1. The number of hydrogen-bond acceptors (Lipinski definition) is 4. The van der Waals surface area contributed by atoms with Gasteiger partial charge in [-0.05, 0) is 0 Å². The van der Waals surface area contributed by atoms with Gasteiger partial charge in [0, 0.05) is 6.26 Å². The predicted molar refractivity (Wildman–Crippen MR) is 42.1 cm³/mol. The minimum Gasteiger partial charge on any atom is -0.259 e. The maximum Gasteiger partial charge on any atom is 0.155 e. The summed E-state index contributed by atoms with van der Waals surface area (Å²) < 4.78 is 18.2. The van der Waals surface area contributed by atoms with E-state index in [1.807, 2.05) is 0 Å². The van der Waals surface area contributed by atoms with E-state index in [4.69, 9.17) is 16.4 Å². The molecule has 0 aliphatic carbocycles. The smallest absolute Gasteiger partial charge is 0.155 e. The van der Waals surface area contributed by atoms with Crippen LogP contribution in [-0.4, -0.2) is 20.4 Å². The topological polar surface area (TPSA) is 66.7 Å². The first-order valence-electron chi connectivity index (χ1n) is 2.71. The first kappa shape index (κ1) is 8.42. The van der Waals surface area contributed by atoms with Crippen molar-refractivity contribution in [1.82, 2.24) is 9.97 Å². The molecule has 4 nitrogen and oxygen atoms in total. The van der Waals surface area contributed by atoms with Gasteiger partial charge in [-0.3, -0.25) is 4.98 Å². The first-order valence-corrected chi connectivity index (χ1v) is 5.06. The molecular formula is C5H6ClN3OS. The lowest BCUT2D eigenvalue weighted by Crippen LogP contribution is -1.98. The molecule has 0 aliphatic rings. The van der Waals surface area contributed by atoms with E-state index < -0.39 is 9.73 Å². The largest absolute Gasteiger partial charge is 0.259 e. The van der Waals surface area contributed by atoms with Crippen molar-refractivity contribution in [1.29, 1.82) is 4.78 Å². The SMILES string of the molecule is CS(=N)(=O)c1cncc(Cl)n1. The summed E-state index contributed by atoms with van der Waals surface area (Å²) in [4.78, 5) is 7.34. The van der Waals surface area contributed by atoms with Crippen LogP contribution in [0.4, 0.5) is 0 Å². The van der Waals surface area contributed by atoms with Crippen LogP contribution in [0.2, 0.25) is 5.15 Å². The van der Waals surface area contributed by atoms with Crippen LogP contribution < -0.4 is 0 Å². The fourth-order valence-electron chi connectivity index (χ4n) is 0.513. The Kier molecular flexibility index (Phi) is 2.10. The highest BCUT2D eigenvalue weighted by Crippen LogP contribution is 2.07. The standard InChI is InChI=1S/C5H6ClN3OS/c1-11(7,10)5-3-8-2-4(6)9-5/h2-3,7H,1H3. The Morgan fingerprint density at radius 2 is 2.27 bits per heavy atom. The molecule has 0 saturated heterocycles. The second kappa shape index (κ2) is 2.75. The second-order valence-electron chi connectivity index (χ2n) is 2.02. The molecule has 0 spiro atoms. The number of hydrogen-bond donors (Lipinski definition) is 1. The Hall–Kier alpha value is -0.680. The zero-order valence-electron chi connectivity index (χ0n) is 5.74. The van der Waals surface area contributed by atoms with Gasteiger partial charge in [0.1, 0.15) is 5.15 Å². The number of aromatic nitrogens is 2. The maximum absolute atomic E-state index is 11.0. The third kappa shape index (κ3) is 2.13. The third-order valence-electron chi connectivity index (χ3n) is 0.982. The Balaban J connectivity index is 3.28. The normalized spacial score (nSPS) is 15.8. The molecule has 1 N–H and O–H groups in total. The van der Waals surface area contributed by atoms with E-state index in [1.165, 1.54) is 18.6 Å². The molecule has 1 aromatic rings. The van der Waals surface area contributed by atoms with Crippen molar-refractivity contribution in [2.75, 3.05) is 6.26 Å². The highest BCUT2D eigenvalue weighted by Gasteiger charge is 2.04. The average molecular weight is 192 g/mol. The fourth-order valence-corrected chi connectivity index (χ4v) is 1.25. The summed E-state index contributed by atoms with van der Waals surface area (Å²) in [5, 5.41) is 0.273. The molecule has 6 heteroatoms. The molecule has 0 aromatic carbocycles. The van der Waals surface area contributed by atoms with Crippen molar-refractivity contribution >= 4 is 21.3 Å². The molecule has 1 atom stereocenters. The van der Waals surface area contributed by atoms with Crippen LogP contribution in [0.5, 0.6) is 0 Å². The molecule has 1 heterocycles. The van der Waals surface area contributed by atoms with Gasteiger partial charge in [-0.15, -0.1) is 0 Å². The summed E-state index contributed by atoms with van der Waals surface area (Å²) in [6.07, 6.45) is 3.88. The van der Waals surface area contributed by atoms with E-state index in [9.17, 15) is 4.21 Å². The molecule has 0 saturated carbocycles. The molecule has 11 heavy (non-hydrogen) atoms. The van der Waals surface area contributed by atoms with Gasteiger partial charge in [-0.1, -0.05) is 11.6 Å². The van der Waals surface area contributed by atoms with E-state index in [0.29, 0.717) is 0 Å². The number of nitrogens with one attached hydrogen (secondary N) is 1. The van der Waals surface area contributed by atoms with Crippen LogP contribution in [0.25, 0.3) is 0 Å². The summed E-state index contributed by atoms with van der Waals surface area (Å²) in [6.45, 7) is 0.